The zero-order valence-electron chi connectivity index (χ0n) is 10.3. The molecule has 1 heterocycles. The first kappa shape index (κ1) is 14.8. The van der Waals surface area contributed by atoms with E-state index >= 15 is 0 Å². The fourth-order valence-corrected chi connectivity index (χ4v) is 1.87. The lowest BCUT2D eigenvalue weighted by Gasteiger charge is -2.02. The van der Waals surface area contributed by atoms with Gasteiger partial charge < -0.3 is 24.0 Å². The summed E-state index contributed by atoms with van der Waals surface area (Å²) in [6, 6.07) is 16.3. The number of nitrogens with zero attached hydrogens (tertiary/aromatic N) is 1. The molecule has 0 N–H and O–H groups in total. The second kappa shape index (κ2) is 7.26. The number of Topliss-reactive ketones (excluding diaryl/α,β-unsaturated/α-hetero) is 1. The van der Waals surface area contributed by atoms with Crippen LogP contribution in [-0.2, 0) is 17.8 Å². The molecule has 0 aliphatic carbocycles. The molecule has 1 aromatic carbocycles. The van der Waals surface area contributed by atoms with Crippen LogP contribution in [0.25, 0.3) is 0 Å². The monoisotopic (exact) mass is 353 g/mol. The topological polar surface area (TPSA) is 20.9 Å². The van der Waals surface area contributed by atoms with Gasteiger partial charge in [0.1, 0.15) is 0 Å². The predicted molar refractivity (Wildman–Crippen MR) is 66.6 cm³/mol. The lowest BCUT2D eigenvalue weighted by molar-refractivity contribution is -0.691. The van der Waals surface area contributed by atoms with Crippen molar-refractivity contribution in [2.75, 3.05) is 0 Å². The number of benzene rings is 1. The van der Waals surface area contributed by atoms with E-state index in [1.807, 2.05) is 41.1 Å². The summed E-state index contributed by atoms with van der Waals surface area (Å²) < 4.78 is 2.01. The fraction of sp³-hybridized carbons (Fsp3) is 0.200. The molecule has 0 saturated heterocycles. The largest absolute Gasteiger partial charge is 1.00 e. The van der Waals surface area contributed by atoms with Crippen LogP contribution >= 0.6 is 0 Å². The second-order valence-corrected chi connectivity index (χ2v) is 4.18. The van der Waals surface area contributed by atoms with Gasteiger partial charge in [-0.25, -0.2) is 0 Å². The molecule has 0 spiro atoms. The van der Waals surface area contributed by atoms with E-state index in [-0.39, 0.29) is 29.8 Å². The number of aromatic nitrogens is 1. The van der Waals surface area contributed by atoms with E-state index in [4.69, 9.17) is 0 Å². The van der Waals surface area contributed by atoms with Crippen LogP contribution in [0.3, 0.4) is 0 Å². The van der Waals surface area contributed by atoms with Crippen LogP contribution in [0.4, 0.5) is 0 Å². The number of carbonyl (C=O) groups excluding carboxylic acids is 1. The summed E-state index contributed by atoms with van der Waals surface area (Å²) in [5.74, 6) is 0.176. The summed E-state index contributed by atoms with van der Waals surface area (Å²) in [6.45, 7) is 2.06. The third kappa shape index (κ3) is 4.22. The zero-order valence-corrected chi connectivity index (χ0v) is 12.5. The number of carbonyl (C=O) groups is 1. The summed E-state index contributed by atoms with van der Waals surface area (Å²) in [5, 5.41) is 0. The Morgan fingerprint density at radius 1 is 1.06 bits per heavy atom. The molecule has 1 aromatic heterocycles. The molecule has 2 nitrogen and oxygen atoms in total. The first-order valence-electron chi connectivity index (χ1n) is 5.76. The average molecular weight is 353 g/mol. The van der Waals surface area contributed by atoms with Crippen molar-refractivity contribution in [3.63, 3.8) is 0 Å². The third-order valence-electron chi connectivity index (χ3n) is 2.66. The summed E-state index contributed by atoms with van der Waals surface area (Å²) in [4.78, 5) is 11.2. The molecular weight excluding hydrogens is 337 g/mol. The molecule has 18 heavy (non-hydrogen) atoms. The van der Waals surface area contributed by atoms with Gasteiger partial charge >= 0.3 is 0 Å². The normalized spacial score (nSPS) is 9.61. The van der Waals surface area contributed by atoms with Gasteiger partial charge in [-0.1, -0.05) is 36.4 Å². The van der Waals surface area contributed by atoms with Crippen molar-refractivity contribution < 1.29 is 33.3 Å². The van der Waals surface area contributed by atoms with E-state index in [0.717, 1.165) is 12.1 Å². The lowest BCUT2D eigenvalue weighted by atomic mass is 10.1. The number of rotatable bonds is 4. The van der Waals surface area contributed by atoms with E-state index in [1.54, 1.807) is 6.92 Å². The fourth-order valence-electron chi connectivity index (χ4n) is 1.87. The Kier molecular flexibility index (Phi) is 5.98. The quantitative estimate of drug-likeness (QED) is 0.519. The first-order valence-corrected chi connectivity index (χ1v) is 5.76. The van der Waals surface area contributed by atoms with Crippen molar-refractivity contribution in [2.24, 2.45) is 0 Å². The highest BCUT2D eigenvalue weighted by Crippen LogP contribution is 2.05. The van der Waals surface area contributed by atoms with Gasteiger partial charge in [0.25, 0.3) is 0 Å². The number of pyridine rings is 1. The Bertz CT molecular complexity index is 511. The summed E-state index contributed by atoms with van der Waals surface area (Å²) in [6.07, 6.45) is 2.81. The molecule has 0 unspecified atom stereocenters. The van der Waals surface area contributed by atoms with E-state index in [1.165, 1.54) is 5.56 Å². The molecule has 94 valence electrons. The Labute approximate surface area is 125 Å². The minimum atomic E-state index is 0. The SMILES string of the molecule is CC(=O)C[n+]1ccccc1Cc1ccccc1.[I-]. The molecule has 0 atom stereocenters. The molecule has 0 aliphatic heterocycles. The Morgan fingerprint density at radius 2 is 1.72 bits per heavy atom. The molecule has 0 radical (unpaired) electrons. The van der Waals surface area contributed by atoms with Gasteiger partial charge in [0.2, 0.25) is 6.54 Å². The lowest BCUT2D eigenvalue weighted by Crippen LogP contribution is -3.00. The Balaban J connectivity index is 0.00000162. The molecule has 0 amide bonds. The number of ketones is 1. The average Bonchev–Trinajstić information content (AvgIpc) is 2.32. The van der Waals surface area contributed by atoms with Gasteiger partial charge in [0, 0.05) is 19.1 Å². The summed E-state index contributed by atoms with van der Waals surface area (Å²) >= 11 is 0. The van der Waals surface area contributed by atoms with Crippen molar-refractivity contribution in [3.8, 4) is 0 Å². The van der Waals surface area contributed by atoms with Crippen LogP contribution < -0.4 is 28.5 Å². The maximum atomic E-state index is 11.2. The van der Waals surface area contributed by atoms with Crippen LogP contribution in [0.1, 0.15) is 18.2 Å². The highest BCUT2D eigenvalue weighted by Gasteiger charge is 2.11. The summed E-state index contributed by atoms with van der Waals surface area (Å²) in [5.41, 5.74) is 2.42. The smallest absolute Gasteiger partial charge is 0.206 e. The molecule has 0 bridgehead atoms. The van der Waals surface area contributed by atoms with Crippen LogP contribution in [-0.4, -0.2) is 5.78 Å². The maximum Gasteiger partial charge on any atom is 0.206 e. The first-order chi connectivity index (χ1) is 8.25. The van der Waals surface area contributed by atoms with E-state index < -0.39 is 0 Å². The number of halogens is 1. The number of hydrogen-bond acceptors (Lipinski definition) is 1. The Hall–Kier alpha value is -1.23. The van der Waals surface area contributed by atoms with Gasteiger partial charge in [-0.15, -0.1) is 0 Å². The zero-order chi connectivity index (χ0) is 12.1. The molecule has 0 saturated carbocycles. The maximum absolute atomic E-state index is 11.2. The van der Waals surface area contributed by atoms with E-state index in [2.05, 4.69) is 18.2 Å². The highest BCUT2D eigenvalue weighted by atomic mass is 127. The Morgan fingerprint density at radius 3 is 2.39 bits per heavy atom. The van der Waals surface area contributed by atoms with Gasteiger partial charge in [-0.05, 0) is 5.56 Å². The predicted octanol–water partition coefficient (Wildman–Crippen LogP) is -0.842. The van der Waals surface area contributed by atoms with Crippen molar-refractivity contribution in [2.45, 2.75) is 19.9 Å². The summed E-state index contributed by atoms with van der Waals surface area (Å²) in [7, 11) is 0. The third-order valence-corrected chi connectivity index (χ3v) is 2.66. The van der Waals surface area contributed by atoms with Gasteiger partial charge in [0.15, 0.2) is 17.7 Å². The van der Waals surface area contributed by atoms with Crippen LogP contribution in [0.2, 0.25) is 0 Å². The van der Waals surface area contributed by atoms with Gasteiger partial charge in [-0.2, -0.15) is 4.57 Å². The molecule has 0 fully saturated rings. The van der Waals surface area contributed by atoms with E-state index in [0.29, 0.717) is 6.54 Å². The minimum absolute atomic E-state index is 0. The molecular formula is C15H16INO. The standard InChI is InChI=1S/C15H16NO.HI/c1-13(17)12-16-10-6-5-9-15(16)11-14-7-3-2-4-8-14;/h2-10H,11-12H2,1H3;1H/q+1;/p-1. The van der Waals surface area contributed by atoms with Crippen molar-refractivity contribution >= 4 is 5.78 Å². The van der Waals surface area contributed by atoms with Crippen LogP contribution in [0.5, 0.6) is 0 Å². The molecule has 2 rings (SSSR count). The van der Waals surface area contributed by atoms with Gasteiger partial charge in [0.05, 0.1) is 6.42 Å². The van der Waals surface area contributed by atoms with E-state index in [9.17, 15) is 4.79 Å². The van der Waals surface area contributed by atoms with Crippen LogP contribution in [0, 0.1) is 0 Å². The highest BCUT2D eigenvalue weighted by molar-refractivity contribution is 5.73. The van der Waals surface area contributed by atoms with Crippen LogP contribution in [0.15, 0.2) is 54.7 Å². The van der Waals surface area contributed by atoms with Crippen molar-refractivity contribution in [1.82, 2.24) is 0 Å². The second-order valence-electron chi connectivity index (χ2n) is 4.18. The van der Waals surface area contributed by atoms with Crippen molar-refractivity contribution in [3.05, 3.63) is 66.0 Å². The van der Waals surface area contributed by atoms with Gasteiger partial charge in [-0.3, -0.25) is 4.79 Å². The molecule has 2 aromatic rings. The molecule has 3 heteroatoms. The van der Waals surface area contributed by atoms with Crippen molar-refractivity contribution in [1.29, 1.82) is 0 Å². The molecule has 0 aliphatic rings. The minimum Gasteiger partial charge on any atom is -1.00 e. The number of hydrogen-bond donors (Lipinski definition) is 0.